The molecule has 1 fully saturated rings. The fourth-order valence-electron chi connectivity index (χ4n) is 3.21. The summed E-state index contributed by atoms with van der Waals surface area (Å²) >= 11 is 1.43. The van der Waals surface area contributed by atoms with Crippen molar-refractivity contribution in [3.8, 4) is 11.5 Å². The lowest BCUT2D eigenvalue weighted by Gasteiger charge is -2.17. The van der Waals surface area contributed by atoms with E-state index in [9.17, 15) is 4.79 Å². The Bertz CT molecular complexity index is 881. The maximum atomic E-state index is 12.0. The Morgan fingerprint density at radius 2 is 2.00 bits per heavy atom. The number of carbonyl (C=O) groups is 1. The molecule has 6 nitrogen and oxygen atoms in total. The van der Waals surface area contributed by atoms with Crippen molar-refractivity contribution in [2.75, 3.05) is 0 Å². The van der Waals surface area contributed by atoms with E-state index in [1.165, 1.54) is 11.3 Å². The molecule has 0 radical (unpaired) electrons. The minimum atomic E-state index is -0.451. The van der Waals surface area contributed by atoms with Crippen LogP contribution in [0.2, 0.25) is 0 Å². The molecule has 0 unspecified atom stereocenters. The van der Waals surface area contributed by atoms with Crippen molar-refractivity contribution in [1.29, 1.82) is 0 Å². The lowest BCUT2D eigenvalue weighted by Crippen LogP contribution is -2.34. The molecule has 1 saturated carbocycles. The van der Waals surface area contributed by atoms with Crippen LogP contribution in [0.1, 0.15) is 46.7 Å². The van der Waals surface area contributed by atoms with Gasteiger partial charge < -0.3 is 15.6 Å². The van der Waals surface area contributed by atoms with E-state index in [4.69, 9.17) is 10.3 Å². The molecule has 1 aliphatic rings. The Balaban J connectivity index is 1.41. The van der Waals surface area contributed by atoms with Gasteiger partial charge in [-0.05, 0) is 42.0 Å². The second-order valence-electron chi connectivity index (χ2n) is 6.64. The molecule has 0 aliphatic heterocycles. The minimum Gasteiger partial charge on any atom is -0.347 e. The van der Waals surface area contributed by atoms with Crippen LogP contribution in [0, 0.1) is 0 Å². The zero-order valence-corrected chi connectivity index (χ0v) is 15.1. The monoisotopic (exact) mass is 368 g/mol. The van der Waals surface area contributed by atoms with E-state index >= 15 is 0 Å². The van der Waals surface area contributed by atoms with Gasteiger partial charge in [0.2, 0.25) is 0 Å². The second-order valence-corrected chi connectivity index (χ2v) is 7.59. The summed E-state index contributed by atoms with van der Waals surface area (Å²) in [5, 5.41) is 8.89. The van der Waals surface area contributed by atoms with Crippen LogP contribution in [0.15, 0.2) is 46.3 Å². The Kier molecular flexibility index (Phi) is 4.57. The van der Waals surface area contributed by atoms with Crippen LogP contribution in [0.5, 0.6) is 0 Å². The van der Waals surface area contributed by atoms with Crippen molar-refractivity contribution in [3.05, 3.63) is 58.0 Å². The summed E-state index contributed by atoms with van der Waals surface area (Å²) in [5.41, 5.74) is 7.78. The van der Waals surface area contributed by atoms with Crippen molar-refractivity contribution in [2.45, 2.75) is 37.8 Å². The van der Waals surface area contributed by atoms with Gasteiger partial charge in [-0.1, -0.05) is 36.2 Å². The SMILES string of the molecule is NC1(c2noc(-c3ccc(CNC(=O)c4cccs4)cc3)n2)CCCC1. The summed E-state index contributed by atoms with van der Waals surface area (Å²) in [6.07, 6.45) is 4.00. The highest BCUT2D eigenvalue weighted by Gasteiger charge is 2.36. The molecule has 4 rings (SSSR count). The highest BCUT2D eigenvalue weighted by Crippen LogP contribution is 2.35. The van der Waals surface area contributed by atoms with E-state index in [2.05, 4.69) is 15.5 Å². The fraction of sp³-hybridized carbons (Fsp3) is 0.316. The van der Waals surface area contributed by atoms with Gasteiger partial charge in [0, 0.05) is 12.1 Å². The average molecular weight is 368 g/mol. The first-order valence-corrected chi connectivity index (χ1v) is 9.56. The number of nitrogens with zero attached hydrogens (tertiary/aromatic N) is 2. The van der Waals surface area contributed by atoms with Gasteiger partial charge in [-0.25, -0.2) is 0 Å². The summed E-state index contributed by atoms with van der Waals surface area (Å²) < 4.78 is 5.41. The van der Waals surface area contributed by atoms with Crippen LogP contribution in [-0.4, -0.2) is 16.0 Å². The first-order chi connectivity index (χ1) is 12.6. The van der Waals surface area contributed by atoms with Crippen molar-refractivity contribution < 1.29 is 9.32 Å². The molecule has 0 saturated heterocycles. The van der Waals surface area contributed by atoms with Gasteiger partial charge in [0.25, 0.3) is 11.8 Å². The second kappa shape index (κ2) is 7.01. The van der Waals surface area contributed by atoms with E-state index in [0.29, 0.717) is 23.1 Å². The molecule has 134 valence electrons. The van der Waals surface area contributed by atoms with Gasteiger partial charge in [-0.15, -0.1) is 11.3 Å². The van der Waals surface area contributed by atoms with Gasteiger partial charge in [0.05, 0.1) is 10.4 Å². The van der Waals surface area contributed by atoms with Crippen molar-refractivity contribution in [3.63, 3.8) is 0 Å². The van der Waals surface area contributed by atoms with E-state index in [0.717, 1.165) is 36.8 Å². The number of nitrogens with two attached hydrogens (primary N) is 1. The number of rotatable bonds is 5. The van der Waals surface area contributed by atoms with Crippen molar-refractivity contribution in [2.24, 2.45) is 5.73 Å². The van der Waals surface area contributed by atoms with E-state index in [1.54, 1.807) is 0 Å². The number of hydrogen-bond donors (Lipinski definition) is 2. The molecular weight excluding hydrogens is 348 g/mol. The minimum absolute atomic E-state index is 0.0598. The Labute approximate surface area is 155 Å². The molecule has 1 aliphatic carbocycles. The first kappa shape index (κ1) is 16.9. The molecule has 2 aromatic heterocycles. The molecular formula is C19H20N4O2S. The fourth-order valence-corrected chi connectivity index (χ4v) is 3.85. The van der Waals surface area contributed by atoms with Crippen LogP contribution >= 0.6 is 11.3 Å². The first-order valence-electron chi connectivity index (χ1n) is 8.68. The van der Waals surface area contributed by atoms with Gasteiger partial charge in [0.1, 0.15) is 0 Å². The molecule has 2 heterocycles. The van der Waals surface area contributed by atoms with Crippen LogP contribution in [0.4, 0.5) is 0 Å². The lowest BCUT2D eigenvalue weighted by molar-refractivity contribution is 0.0955. The molecule has 1 aromatic carbocycles. The zero-order chi connectivity index (χ0) is 18.0. The average Bonchev–Trinajstić information content (AvgIpc) is 3.41. The molecule has 0 atom stereocenters. The summed E-state index contributed by atoms with van der Waals surface area (Å²) in [7, 11) is 0. The van der Waals surface area contributed by atoms with Gasteiger partial charge in [0.15, 0.2) is 5.82 Å². The molecule has 26 heavy (non-hydrogen) atoms. The third-order valence-corrected chi connectivity index (χ3v) is 5.63. The molecule has 1 amide bonds. The maximum absolute atomic E-state index is 12.0. The predicted octanol–water partition coefficient (Wildman–Crippen LogP) is 3.46. The number of amides is 1. The standard InChI is InChI=1S/C19H20N4O2S/c20-19(9-1-2-10-19)18-22-17(25-23-18)14-7-5-13(6-8-14)12-21-16(24)15-4-3-11-26-15/h3-8,11H,1-2,9-10,12,20H2,(H,21,24). The lowest BCUT2D eigenvalue weighted by atomic mass is 9.99. The number of carbonyl (C=O) groups excluding carboxylic acids is 1. The van der Waals surface area contributed by atoms with Crippen LogP contribution in [0.25, 0.3) is 11.5 Å². The molecule has 3 N–H and O–H groups in total. The molecule has 0 bridgehead atoms. The van der Waals surface area contributed by atoms with Crippen LogP contribution < -0.4 is 11.1 Å². The van der Waals surface area contributed by atoms with Gasteiger partial charge in [-0.2, -0.15) is 4.98 Å². The molecule has 0 spiro atoms. The summed E-state index contributed by atoms with van der Waals surface area (Å²) in [4.78, 5) is 17.2. The smallest absolute Gasteiger partial charge is 0.261 e. The maximum Gasteiger partial charge on any atom is 0.261 e. The van der Waals surface area contributed by atoms with Gasteiger partial charge >= 0.3 is 0 Å². The molecule has 3 aromatic rings. The zero-order valence-electron chi connectivity index (χ0n) is 14.3. The van der Waals surface area contributed by atoms with Crippen LogP contribution in [-0.2, 0) is 12.1 Å². The Morgan fingerprint density at radius 3 is 2.69 bits per heavy atom. The predicted molar refractivity (Wildman–Crippen MR) is 99.6 cm³/mol. The number of nitrogens with one attached hydrogen (secondary N) is 1. The third-order valence-electron chi connectivity index (χ3n) is 4.77. The van der Waals surface area contributed by atoms with E-state index in [-0.39, 0.29) is 5.91 Å². The van der Waals surface area contributed by atoms with Crippen molar-refractivity contribution in [1.82, 2.24) is 15.5 Å². The third kappa shape index (κ3) is 3.40. The quantitative estimate of drug-likeness (QED) is 0.719. The topological polar surface area (TPSA) is 94.0 Å². The summed E-state index contributed by atoms with van der Waals surface area (Å²) in [6.45, 7) is 0.470. The van der Waals surface area contributed by atoms with Crippen LogP contribution in [0.3, 0.4) is 0 Å². The highest BCUT2D eigenvalue weighted by molar-refractivity contribution is 7.12. The summed E-state index contributed by atoms with van der Waals surface area (Å²) in [6, 6.07) is 11.4. The summed E-state index contributed by atoms with van der Waals surface area (Å²) in [5.74, 6) is 1.01. The van der Waals surface area contributed by atoms with E-state index < -0.39 is 5.54 Å². The van der Waals surface area contributed by atoms with Gasteiger partial charge in [-0.3, -0.25) is 4.79 Å². The Morgan fingerprint density at radius 1 is 1.23 bits per heavy atom. The largest absolute Gasteiger partial charge is 0.347 e. The number of hydrogen-bond acceptors (Lipinski definition) is 6. The van der Waals surface area contributed by atoms with E-state index in [1.807, 2.05) is 41.8 Å². The Hall–Kier alpha value is -2.51. The number of thiophene rings is 1. The number of benzene rings is 1. The number of aromatic nitrogens is 2. The van der Waals surface area contributed by atoms with Crippen molar-refractivity contribution >= 4 is 17.2 Å². The highest BCUT2D eigenvalue weighted by atomic mass is 32.1. The molecule has 7 heteroatoms. The normalized spacial score (nSPS) is 15.9.